The maximum Gasteiger partial charge on any atom is 0.389 e. The highest BCUT2D eigenvalue weighted by Crippen LogP contribution is 2.25. The highest BCUT2D eigenvalue weighted by atomic mass is 19.4. The van der Waals surface area contributed by atoms with Crippen LogP contribution in [0.15, 0.2) is 0 Å². The molecule has 1 aliphatic rings. The Balaban J connectivity index is 2.52. The number of piperazine rings is 1. The molecular weight excluding hydrogens is 253 g/mol. The molecule has 0 saturated carbocycles. The SMILES string of the molecule is CCCC1CNC(C)(CC)CN1CCCC(F)(F)F. The zero-order valence-electron chi connectivity index (χ0n) is 12.3. The van der Waals surface area contributed by atoms with Crippen LogP contribution in [-0.4, -0.2) is 42.3 Å². The fraction of sp³-hybridized carbons (Fsp3) is 1.00. The summed E-state index contributed by atoms with van der Waals surface area (Å²) in [6.07, 6.45) is -1.35. The normalized spacial score (nSPS) is 29.7. The summed E-state index contributed by atoms with van der Waals surface area (Å²) in [6.45, 7) is 8.71. The molecule has 2 nitrogen and oxygen atoms in total. The number of rotatable bonds is 6. The molecule has 0 bridgehead atoms. The molecule has 0 spiro atoms. The minimum atomic E-state index is -4.03. The van der Waals surface area contributed by atoms with Gasteiger partial charge in [0.2, 0.25) is 0 Å². The summed E-state index contributed by atoms with van der Waals surface area (Å²) in [5, 5.41) is 3.55. The Bertz CT molecular complexity index is 268. The lowest BCUT2D eigenvalue weighted by Crippen LogP contribution is -2.62. The Kier molecular flexibility index (Phi) is 6.12. The van der Waals surface area contributed by atoms with Crippen molar-refractivity contribution in [3.05, 3.63) is 0 Å². The predicted molar refractivity (Wildman–Crippen MR) is 72.3 cm³/mol. The van der Waals surface area contributed by atoms with E-state index in [4.69, 9.17) is 0 Å². The van der Waals surface area contributed by atoms with Crippen molar-refractivity contribution in [2.45, 2.75) is 70.6 Å². The molecule has 0 aromatic heterocycles. The lowest BCUT2D eigenvalue weighted by atomic mass is 9.92. The third-order valence-corrected chi connectivity index (χ3v) is 4.14. The Labute approximate surface area is 114 Å². The second kappa shape index (κ2) is 6.93. The first-order valence-corrected chi connectivity index (χ1v) is 7.35. The Hall–Kier alpha value is -0.290. The van der Waals surface area contributed by atoms with E-state index in [9.17, 15) is 13.2 Å². The smallest absolute Gasteiger partial charge is 0.309 e. The van der Waals surface area contributed by atoms with Crippen LogP contribution >= 0.6 is 0 Å². The lowest BCUT2D eigenvalue weighted by molar-refractivity contribution is -0.136. The van der Waals surface area contributed by atoms with Gasteiger partial charge in [-0.15, -0.1) is 0 Å². The molecule has 1 rings (SSSR count). The van der Waals surface area contributed by atoms with E-state index >= 15 is 0 Å². The number of nitrogens with one attached hydrogen (secondary N) is 1. The molecule has 1 saturated heterocycles. The first kappa shape index (κ1) is 16.8. The van der Waals surface area contributed by atoms with Crippen molar-refractivity contribution in [1.29, 1.82) is 0 Å². The summed E-state index contributed by atoms with van der Waals surface area (Å²) in [4.78, 5) is 2.26. The van der Waals surface area contributed by atoms with Crippen LogP contribution in [0.1, 0.15) is 52.9 Å². The average molecular weight is 280 g/mol. The van der Waals surface area contributed by atoms with Gasteiger partial charge in [0.05, 0.1) is 0 Å². The van der Waals surface area contributed by atoms with Gasteiger partial charge in [0.25, 0.3) is 0 Å². The van der Waals surface area contributed by atoms with Crippen LogP contribution in [-0.2, 0) is 0 Å². The molecule has 1 heterocycles. The summed E-state index contributed by atoms with van der Waals surface area (Å²) >= 11 is 0. The van der Waals surface area contributed by atoms with Crippen molar-refractivity contribution in [1.82, 2.24) is 10.2 Å². The van der Waals surface area contributed by atoms with Crippen LogP contribution in [0.4, 0.5) is 13.2 Å². The minimum absolute atomic E-state index is 0.0441. The third kappa shape index (κ3) is 5.69. The third-order valence-electron chi connectivity index (χ3n) is 4.14. The molecule has 2 unspecified atom stereocenters. The highest BCUT2D eigenvalue weighted by Gasteiger charge is 2.34. The van der Waals surface area contributed by atoms with Gasteiger partial charge < -0.3 is 5.32 Å². The van der Waals surface area contributed by atoms with Gasteiger partial charge in [-0.05, 0) is 32.7 Å². The van der Waals surface area contributed by atoms with Crippen LogP contribution in [0.5, 0.6) is 0 Å². The quantitative estimate of drug-likeness (QED) is 0.800. The summed E-state index contributed by atoms with van der Waals surface area (Å²) < 4.78 is 36.7. The highest BCUT2D eigenvalue weighted by molar-refractivity contribution is 4.94. The van der Waals surface area contributed by atoms with Crippen molar-refractivity contribution >= 4 is 0 Å². The fourth-order valence-corrected chi connectivity index (χ4v) is 2.73. The number of hydrogen-bond donors (Lipinski definition) is 1. The zero-order chi connectivity index (χ0) is 14.5. The summed E-state index contributed by atoms with van der Waals surface area (Å²) in [5.41, 5.74) is 0.0441. The van der Waals surface area contributed by atoms with Crippen molar-refractivity contribution in [3.63, 3.8) is 0 Å². The van der Waals surface area contributed by atoms with Gasteiger partial charge >= 0.3 is 6.18 Å². The fourth-order valence-electron chi connectivity index (χ4n) is 2.73. The molecule has 1 fully saturated rings. The van der Waals surface area contributed by atoms with Crippen LogP contribution in [0, 0.1) is 0 Å². The van der Waals surface area contributed by atoms with E-state index < -0.39 is 12.6 Å². The molecule has 19 heavy (non-hydrogen) atoms. The van der Waals surface area contributed by atoms with Gasteiger partial charge in [-0.2, -0.15) is 13.2 Å². The van der Waals surface area contributed by atoms with E-state index in [1.807, 2.05) is 0 Å². The largest absolute Gasteiger partial charge is 0.389 e. The van der Waals surface area contributed by atoms with Crippen molar-refractivity contribution in [3.8, 4) is 0 Å². The molecule has 0 aromatic carbocycles. The van der Waals surface area contributed by atoms with E-state index in [1.165, 1.54) is 0 Å². The molecular formula is C14H27F3N2. The first-order chi connectivity index (χ1) is 8.79. The molecule has 1 N–H and O–H groups in total. The van der Waals surface area contributed by atoms with Gasteiger partial charge in [0, 0.05) is 31.1 Å². The van der Waals surface area contributed by atoms with Crippen molar-refractivity contribution in [2.24, 2.45) is 0 Å². The second-order valence-electron chi connectivity index (χ2n) is 5.93. The van der Waals surface area contributed by atoms with E-state index in [2.05, 4.69) is 31.0 Å². The molecule has 5 heteroatoms. The minimum Gasteiger partial charge on any atom is -0.309 e. The summed E-state index contributed by atoms with van der Waals surface area (Å²) in [6, 6.07) is 0.387. The second-order valence-corrected chi connectivity index (χ2v) is 5.93. The van der Waals surface area contributed by atoms with Crippen molar-refractivity contribution < 1.29 is 13.2 Å². The molecule has 0 radical (unpaired) electrons. The zero-order valence-corrected chi connectivity index (χ0v) is 12.3. The van der Waals surface area contributed by atoms with Gasteiger partial charge in [-0.3, -0.25) is 4.90 Å². The van der Waals surface area contributed by atoms with Crippen LogP contribution < -0.4 is 5.32 Å². The Morgan fingerprint density at radius 3 is 2.53 bits per heavy atom. The first-order valence-electron chi connectivity index (χ1n) is 7.35. The number of nitrogens with zero attached hydrogens (tertiary/aromatic N) is 1. The van der Waals surface area contributed by atoms with Gasteiger partial charge in [0.1, 0.15) is 0 Å². The standard InChI is InChI=1S/C14H27F3N2/c1-4-7-12-10-18-13(3,5-2)11-19(12)9-6-8-14(15,16)17/h12,18H,4-11H2,1-3H3. The lowest BCUT2D eigenvalue weighted by Gasteiger charge is -2.46. The summed E-state index contributed by atoms with van der Waals surface area (Å²) in [7, 11) is 0. The van der Waals surface area contributed by atoms with E-state index in [0.717, 1.165) is 32.4 Å². The maximum atomic E-state index is 12.2. The van der Waals surface area contributed by atoms with Gasteiger partial charge in [-0.1, -0.05) is 20.3 Å². The van der Waals surface area contributed by atoms with E-state index in [-0.39, 0.29) is 12.0 Å². The van der Waals surface area contributed by atoms with Crippen LogP contribution in [0.2, 0.25) is 0 Å². The average Bonchev–Trinajstić information content (AvgIpc) is 2.31. The number of alkyl halides is 3. The monoisotopic (exact) mass is 280 g/mol. The molecule has 0 aliphatic carbocycles. The molecule has 0 aromatic rings. The van der Waals surface area contributed by atoms with Crippen molar-refractivity contribution in [2.75, 3.05) is 19.6 Å². The number of halogens is 3. The molecule has 0 amide bonds. The number of hydrogen-bond acceptors (Lipinski definition) is 2. The Morgan fingerprint density at radius 1 is 1.32 bits per heavy atom. The maximum absolute atomic E-state index is 12.2. The van der Waals surface area contributed by atoms with E-state index in [0.29, 0.717) is 12.6 Å². The summed E-state index contributed by atoms with van der Waals surface area (Å²) in [5.74, 6) is 0. The van der Waals surface area contributed by atoms with E-state index in [1.54, 1.807) is 0 Å². The Morgan fingerprint density at radius 2 is 2.00 bits per heavy atom. The topological polar surface area (TPSA) is 15.3 Å². The van der Waals surface area contributed by atoms with Crippen LogP contribution in [0.25, 0.3) is 0 Å². The molecule has 1 aliphatic heterocycles. The predicted octanol–water partition coefficient (Wildman–Crippen LogP) is 3.57. The molecule has 114 valence electrons. The van der Waals surface area contributed by atoms with Gasteiger partial charge in [0.15, 0.2) is 0 Å². The molecule has 2 atom stereocenters. The van der Waals surface area contributed by atoms with Gasteiger partial charge in [-0.25, -0.2) is 0 Å². The van der Waals surface area contributed by atoms with Crippen LogP contribution in [0.3, 0.4) is 0 Å².